The monoisotopic (exact) mass is 727 g/mol. The number of phenolic OH excluding ortho intramolecular Hbond substituents is 1. The van der Waals surface area contributed by atoms with Gasteiger partial charge in [0, 0.05) is 31.6 Å². The number of carboxylic acid groups (broad SMARTS) is 1. The summed E-state index contributed by atoms with van der Waals surface area (Å²) in [6.45, 7) is 1.55. The van der Waals surface area contributed by atoms with Crippen LogP contribution in [0.1, 0.15) is 43.7 Å². The lowest BCUT2D eigenvalue weighted by atomic mass is 10.0. The number of nitrogens with zero attached hydrogens (tertiary/aromatic N) is 1. The van der Waals surface area contributed by atoms with Crippen molar-refractivity contribution in [3.05, 3.63) is 65.7 Å². The molecule has 0 aromatic heterocycles. The molecule has 0 aliphatic carbocycles. The Morgan fingerprint density at radius 3 is 2.00 bits per heavy atom. The molecule has 2 aromatic rings. The standard InChI is InChI=1S/C34H45N7O9S/c1-19(37-30(45)23(35)18-51)29(44)38-24(13-14-28(36)43)31(46)39-25(16-21-9-11-22(42)12-10-21)32(47)40-26(17-20-6-3-2-4-7-20)33(48)41-15-5-8-27(41)34(49)50/h2-4,6-7,9-12,19,23-27,42,51H,5,8,13-18,35H2,1H3,(H2,36,43)(H,37,45)(H,38,44)(H,39,46)(H,40,47)(H,49,50)/t19-,23-,24-,25-,26-,27-/m0/s1. The minimum absolute atomic E-state index is 0.0181. The molecule has 2 aromatic carbocycles. The zero-order valence-corrected chi connectivity index (χ0v) is 29.0. The number of hydrogen-bond donors (Lipinski definition) is 9. The fraction of sp³-hybridized carbons (Fsp3) is 0.441. The van der Waals surface area contributed by atoms with Gasteiger partial charge in [-0.15, -0.1) is 0 Å². The number of amides is 6. The summed E-state index contributed by atoms with van der Waals surface area (Å²) in [4.78, 5) is 91.6. The highest BCUT2D eigenvalue weighted by atomic mass is 32.1. The second-order valence-electron chi connectivity index (χ2n) is 12.3. The molecule has 276 valence electrons. The third-order valence-corrected chi connectivity index (χ3v) is 8.72. The van der Waals surface area contributed by atoms with Crippen molar-refractivity contribution in [3.63, 3.8) is 0 Å². The molecule has 10 N–H and O–H groups in total. The van der Waals surface area contributed by atoms with Gasteiger partial charge in [-0.25, -0.2) is 4.79 Å². The van der Waals surface area contributed by atoms with Crippen LogP contribution < -0.4 is 32.7 Å². The number of likely N-dealkylation sites (tertiary alicyclic amines) is 1. The highest BCUT2D eigenvalue weighted by molar-refractivity contribution is 7.80. The van der Waals surface area contributed by atoms with Crippen molar-refractivity contribution in [2.24, 2.45) is 11.5 Å². The lowest BCUT2D eigenvalue weighted by Gasteiger charge is -2.29. The number of nitrogens with two attached hydrogens (primary N) is 2. The van der Waals surface area contributed by atoms with Gasteiger partial charge in [-0.2, -0.15) is 12.6 Å². The third kappa shape index (κ3) is 12.3. The normalized spacial score (nSPS) is 16.8. The number of thiol groups is 1. The largest absolute Gasteiger partial charge is 0.508 e. The number of hydrogen-bond acceptors (Lipinski definition) is 10. The molecule has 51 heavy (non-hydrogen) atoms. The van der Waals surface area contributed by atoms with E-state index >= 15 is 0 Å². The molecule has 0 unspecified atom stereocenters. The summed E-state index contributed by atoms with van der Waals surface area (Å²) < 4.78 is 0. The van der Waals surface area contributed by atoms with Crippen molar-refractivity contribution in [1.82, 2.24) is 26.2 Å². The first-order chi connectivity index (χ1) is 24.2. The maximum absolute atomic E-state index is 14.0. The van der Waals surface area contributed by atoms with Gasteiger partial charge in [-0.1, -0.05) is 42.5 Å². The molecule has 0 spiro atoms. The molecule has 1 heterocycles. The van der Waals surface area contributed by atoms with Crippen LogP contribution in [0, 0.1) is 0 Å². The summed E-state index contributed by atoms with van der Waals surface area (Å²) >= 11 is 3.97. The van der Waals surface area contributed by atoms with E-state index in [-0.39, 0.29) is 50.2 Å². The Morgan fingerprint density at radius 2 is 1.39 bits per heavy atom. The maximum atomic E-state index is 14.0. The van der Waals surface area contributed by atoms with Crippen molar-refractivity contribution in [2.45, 2.75) is 81.7 Å². The first-order valence-electron chi connectivity index (χ1n) is 16.4. The van der Waals surface area contributed by atoms with Crippen LogP contribution in [0.5, 0.6) is 5.75 Å². The van der Waals surface area contributed by atoms with Gasteiger partial charge in [0.25, 0.3) is 0 Å². The molecule has 0 bridgehead atoms. The second-order valence-corrected chi connectivity index (χ2v) is 12.7. The van der Waals surface area contributed by atoms with E-state index in [0.717, 1.165) is 0 Å². The second kappa shape index (κ2) is 19.3. The van der Waals surface area contributed by atoms with Crippen LogP contribution in [-0.2, 0) is 46.4 Å². The van der Waals surface area contributed by atoms with Gasteiger partial charge in [0.15, 0.2) is 0 Å². The number of carbonyl (C=O) groups is 7. The first kappa shape index (κ1) is 40.3. The maximum Gasteiger partial charge on any atom is 0.326 e. The van der Waals surface area contributed by atoms with Crippen LogP contribution >= 0.6 is 12.6 Å². The van der Waals surface area contributed by atoms with Crippen molar-refractivity contribution in [3.8, 4) is 5.75 Å². The average Bonchev–Trinajstić information content (AvgIpc) is 3.60. The molecule has 1 fully saturated rings. The molecule has 0 radical (unpaired) electrons. The van der Waals surface area contributed by atoms with Gasteiger partial charge in [-0.3, -0.25) is 28.8 Å². The number of carboxylic acids is 1. The van der Waals surface area contributed by atoms with Crippen LogP contribution in [0.4, 0.5) is 0 Å². The highest BCUT2D eigenvalue weighted by Gasteiger charge is 2.39. The number of benzene rings is 2. The van der Waals surface area contributed by atoms with Crippen LogP contribution in [0.2, 0.25) is 0 Å². The number of primary amides is 1. The van der Waals surface area contributed by atoms with E-state index in [2.05, 4.69) is 33.9 Å². The number of carbonyl (C=O) groups excluding carboxylic acids is 6. The van der Waals surface area contributed by atoms with Gasteiger partial charge >= 0.3 is 5.97 Å². The van der Waals surface area contributed by atoms with Gasteiger partial charge in [0.05, 0.1) is 6.04 Å². The summed E-state index contributed by atoms with van der Waals surface area (Å²) in [5, 5.41) is 29.7. The summed E-state index contributed by atoms with van der Waals surface area (Å²) in [6, 6.07) is 7.47. The Balaban J connectivity index is 1.90. The van der Waals surface area contributed by atoms with E-state index in [0.29, 0.717) is 17.5 Å². The molecule has 3 rings (SSSR count). The Morgan fingerprint density at radius 1 is 0.824 bits per heavy atom. The zero-order valence-electron chi connectivity index (χ0n) is 28.1. The number of aliphatic carboxylic acids is 1. The number of nitrogens with one attached hydrogen (secondary N) is 4. The van der Waals surface area contributed by atoms with E-state index in [4.69, 9.17) is 11.5 Å². The van der Waals surface area contributed by atoms with Crippen LogP contribution in [-0.4, -0.2) is 105 Å². The van der Waals surface area contributed by atoms with Crippen LogP contribution in [0.15, 0.2) is 54.6 Å². The average molecular weight is 728 g/mol. The molecular weight excluding hydrogens is 682 g/mol. The van der Waals surface area contributed by atoms with E-state index in [1.807, 2.05) is 0 Å². The van der Waals surface area contributed by atoms with Gasteiger partial charge in [0.2, 0.25) is 35.4 Å². The van der Waals surface area contributed by atoms with E-state index in [1.165, 1.54) is 36.1 Å². The Bertz CT molecular complexity index is 1560. The molecular formula is C34H45N7O9S. The topological polar surface area (TPSA) is 263 Å². The minimum Gasteiger partial charge on any atom is -0.508 e. The lowest BCUT2D eigenvalue weighted by Crippen LogP contribution is -2.59. The molecule has 6 atom stereocenters. The van der Waals surface area contributed by atoms with E-state index in [9.17, 15) is 43.8 Å². The van der Waals surface area contributed by atoms with Crippen molar-refractivity contribution in [2.75, 3.05) is 12.3 Å². The zero-order chi connectivity index (χ0) is 37.7. The first-order valence-corrected chi connectivity index (χ1v) is 17.0. The number of rotatable bonds is 18. The van der Waals surface area contributed by atoms with Gasteiger partial charge < -0.3 is 47.8 Å². The molecule has 17 heteroatoms. The molecule has 1 aliphatic rings. The van der Waals surface area contributed by atoms with Gasteiger partial charge in [-0.05, 0) is 49.4 Å². The fourth-order valence-electron chi connectivity index (χ4n) is 5.48. The third-order valence-electron chi connectivity index (χ3n) is 8.33. The van der Waals surface area contributed by atoms with Crippen molar-refractivity contribution < 1.29 is 43.8 Å². The lowest BCUT2D eigenvalue weighted by molar-refractivity contribution is -0.149. The summed E-state index contributed by atoms with van der Waals surface area (Å²) in [5.74, 6) is -5.65. The predicted molar refractivity (Wildman–Crippen MR) is 188 cm³/mol. The molecule has 1 aliphatic heterocycles. The predicted octanol–water partition coefficient (Wildman–Crippen LogP) is -1.27. The Hall–Kier alpha value is -5.16. The molecule has 1 saturated heterocycles. The SMILES string of the molecule is C[C@H](NC(=O)[C@@H](N)CS)C(=O)N[C@@H](CCC(N)=O)C(=O)N[C@@H](Cc1ccc(O)cc1)C(=O)N[C@@H](Cc1ccccc1)C(=O)N1CCC[C@H]1C(=O)O. The van der Waals surface area contributed by atoms with Crippen molar-refractivity contribution >= 4 is 54.0 Å². The Kier molecular flexibility index (Phi) is 15.2. The number of phenols is 1. The Labute approximate surface area is 300 Å². The smallest absolute Gasteiger partial charge is 0.326 e. The molecule has 6 amide bonds. The minimum atomic E-state index is -1.39. The summed E-state index contributed by atoms with van der Waals surface area (Å²) in [7, 11) is 0. The quantitative estimate of drug-likeness (QED) is 0.0823. The molecule has 16 nitrogen and oxygen atoms in total. The summed E-state index contributed by atoms with van der Waals surface area (Å²) in [6.07, 6.45) is 0.0545. The van der Waals surface area contributed by atoms with Gasteiger partial charge in [0.1, 0.15) is 36.0 Å². The number of aromatic hydroxyl groups is 1. The summed E-state index contributed by atoms with van der Waals surface area (Å²) in [5.41, 5.74) is 12.2. The van der Waals surface area contributed by atoms with E-state index in [1.54, 1.807) is 30.3 Å². The molecule has 0 saturated carbocycles. The van der Waals surface area contributed by atoms with Crippen molar-refractivity contribution in [1.29, 1.82) is 0 Å². The van der Waals surface area contributed by atoms with Crippen LogP contribution in [0.25, 0.3) is 0 Å². The highest BCUT2D eigenvalue weighted by Crippen LogP contribution is 2.20. The van der Waals surface area contributed by atoms with Crippen LogP contribution in [0.3, 0.4) is 0 Å². The van der Waals surface area contributed by atoms with E-state index < -0.39 is 77.7 Å². The fourth-order valence-corrected chi connectivity index (χ4v) is 5.65.